The fourth-order valence-corrected chi connectivity index (χ4v) is 4.90. The van der Waals surface area contributed by atoms with Crippen LogP contribution in [0.1, 0.15) is 33.3 Å². The summed E-state index contributed by atoms with van der Waals surface area (Å²) in [6.45, 7) is 2.99. The smallest absolute Gasteiger partial charge is 0.268 e. The van der Waals surface area contributed by atoms with Crippen LogP contribution in [-0.4, -0.2) is 40.4 Å². The number of carbonyl (C=O) groups excluding carboxylic acids is 2. The largest absolute Gasteiger partial charge is 0.491 e. The van der Waals surface area contributed by atoms with E-state index in [1.165, 1.54) is 67.5 Å². The molecule has 4 aromatic heterocycles. The lowest BCUT2D eigenvalue weighted by Gasteiger charge is -2.15. The van der Waals surface area contributed by atoms with Crippen molar-refractivity contribution >= 4 is 39.7 Å². The summed E-state index contributed by atoms with van der Waals surface area (Å²) in [5.41, 5.74) is 1.17. The van der Waals surface area contributed by atoms with Crippen molar-refractivity contribution in [1.29, 1.82) is 0 Å². The number of amides is 1. The Morgan fingerprint density at radius 3 is 2.46 bits per heavy atom. The van der Waals surface area contributed by atoms with Crippen LogP contribution in [0, 0.1) is 12.7 Å². The number of rotatable bonds is 8. The Kier molecular flexibility index (Phi) is 7.49. The Labute approximate surface area is 237 Å². The van der Waals surface area contributed by atoms with E-state index in [0.717, 1.165) is 6.07 Å². The Balaban J connectivity index is 1.44. The van der Waals surface area contributed by atoms with Gasteiger partial charge in [-0.05, 0) is 43.5 Å². The second-order valence-corrected chi connectivity index (χ2v) is 9.59. The molecule has 4 heterocycles. The third-order valence-corrected chi connectivity index (χ3v) is 6.94. The number of ether oxygens (including phenoxy) is 3. The lowest BCUT2D eigenvalue weighted by Crippen LogP contribution is -2.31. The molecule has 5 aromatic rings. The second-order valence-electron chi connectivity index (χ2n) is 8.81. The molecule has 0 bridgehead atoms. The van der Waals surface area contributed by atoms with E-state index in [2.05, 4.69) is 15.3 Å². The molecule has 1 N–H and O–H groups in total. The van der Waals surface area contributed by atoms with Crippen molar-refractivity contribution in [3.63, 3.8) is 0 Å². The molecule has 1 amide bonds. The fraction of sp³-hybridized carbons (Fsp3) is 0.138. The van der Waals surface area contributed by atoms with Crippen LogP contribution in [-0.2, 0) is 0 Å². The number of carbonyl (C=O) groups is 2. The van der Waals surface area contributed by atoms with E-state index in [4.69, 9.17) is 14.2 Å². The average molecular weight is 575 g/mol. The Bertz CT molecular complexity index is 1870. The molecule has 0 radical (unpaired) electrons. The minimum atomic E-state index is -0.792. The molecule has 208 valence electrons. The summed E-state index contributed by atoms with van der Waals surface area (Å²) >= 11 is 1.37. The second kappa shape index (κ2) is 11.2. The zero-order valence-corrected chi connectivity index (χ0v) is 23.2. The third-order valence-electron chi connectivity index (χ3n) is 6.27. The van der Waals surface area contributed by atoms with Crippen molar-refractivity contribution in [2.24, 2.45) is 0 Å². The Hall–Kier alpha value is -5.10. The first-order valence-electron chi connectivity index (χ1n) is 12.2. The summed E-state index contributed by atoms with van der Waals surface area (Å²) in [4.78, 5) is 47.4. The summed E-state index contributed by atoms with van der Waals surface area (Å²) in [7, 11) is 2.91. The molecule has 0 saturated heterocycles. The molecule has 0 aliphatic carbocycles. The number of Topliss-reactive ketones (excluding diaryl/α,β-unsaturated/α-hetero) is 1. The van der Waals surface area contributed by atoms with Gasteiger partial charge in [-0.25, -0.2) is 9.37 Å². The fourth-order valence-electron chi connectivity index (χ4n) is 4.28. The number of anilines is 1. The number of aromatic nitrogens is 3. The van der Waals surface area contributed by atoms with Gasteiger partial charge in [-0.1, -0.05) is 0 Å². The maximum Gasteiger partial charge on any atom is 0.268 e. The molecule has 5 rings (SSSR count). The molecule has 0 atom stereocenters. The average Bonchev–Trinajstić information content (AvgIpc) is 3.48. The van der Waals surface area contributed by atoms with E-state index >= 15 is 4.39 Å². The molecule has 0 aliphatic heterocycles. The van der Waals surface area contributed by atoms with Gasteiger partial charge in [-0.3, -0.25) is 23.9 Å². The van der Waals surface area contributed by atoms with E-state index in [0.29, 0.717) is 28.2 Å². The van der Waals surface area contributed by atoms with Crippen LogP contribution < -0.4 is 25.1 Å². The maximum atomic E-state index is 15.1. The predicted octanol–water partition coefficient (Wildman–Crippen LogP) is 5.55. The minimum absolute atomic E-state index is 0.0791. The Morgan fingerprint density at radius 1 is 1.00 bits per heavy atom. The highest BCUT2D eigenvalue weighted by molar-refractivity contribution is 7.08. The SMILES string of the molecule is COc1cc2nccc(Oc3ccc(NC(=O)c4cc(C(C)=O)c(C)n(-c5ccsc5)c4=O)cc3F)c2nc1OC. The zero-order chi connectivity index (χ0) is 29.3. The van der Waals surface area contributed by atoms with Crippen LogP contribution in [0.15, 0.2) is 64.2 Å². The standard InChI is InChI=1S/C29H23FN4O6S/c1-15-19(16(2)35)12-20(29(37)34(15)18-8-10-41-14-18)27(36)32-17-5-6-23(21(30)11-17)40-24-7-9-31-22-13-25(38-3)28(39-4)33-26(22)24/h5-14H,1-4H3,(H,32,36). The van der Waals surface area contributed by atoms with Crippen molar-refractivity contribution in [2.75, 3.05) is 19.5 Å². The maximum absolute atomic E-state index is 15.1. The predicted molar refractivity (Wildman–Crippen MR) is 152 cm³/mol. The van der Waals surface area contributed by atoms with Gasteiger partial charge >= 0.3 is 0 Å². The summed E-state index contributed by atoms with van der Waals surface area (Å²) in [6, 6.07) is 9.94. The van der Waals surface area contributed by atoms with Gasteiger partial charge in [-0.15, -0.1) is 0 Å². The number of fused-ring (bicyclic) bond motifs is 1. The molecule has 0 aliphatic rings. The van der Waals surface area contributed by atoms with Gasteiger partial charge in [-0.2, -0.15) is 11.3 Å². The third kappa shape index (κ3) is 5.24. The number of hydrogen-bond acceptors (Lipinski definition) is 9. The van der Waals surface area contributed by atoms with E-state index in [1.54, 1.807) is 29.8 Å². The number of nitrogens with zero attached hydrogens (tertiary/aromatic N) is 3. The number of methoxy groups -OCH3 is 2. The summed E-state index contributed by atoms with van der Waals surface area (Å²) in [5.74, 6) is -1.21. The Morgan fingerprint density at radius 2 is 1.80 bits per heavy atom. The summed E-state index contributed by atoms with van der Waals surface area (Å²) in [5, 5.41) is 6.06. The number of thiophene rings is 1. The van der Waals surface area contributed by atoms with Gasteiger partial charge in [0.05, 0.1) is 25.4 Å². The first kappa shape index (κ1) is 27.5. The van der Waals surface area contributed by atoms with Crippen LogP contribution in [0.4, 0.5) is 10.1 Å². The highest BCUT2D eigenvalue weighted by atomic mass is 32.1. The molecular weight excluding hydrogens is 551 g/mol. The van der Waals surface area contributed by atoms with E-state index in [1.807, 2.05) is 0 Å². The van der Waals surface area contributed by atoms with Gasteiger partial charge in [0.25, 0.3) is 17.3 Å². The molecule has 10 nitrogen and oxygen atoms in total. The molecule has 0 fully saturated rings. The highest BCUT2D eigenvalue weighted by Crippen LogP contribution is 2.35. The van der Waals surface area contributed by atoms with Crippen LogP contribution >= 0.6 is 11.3 Å². The van der Waals surface area contributed by atoms with Crippen molar-refractivity contribution in [3.05, 3.63) is 92.4 Å². The molecule has 1 aromatic carbocycles. The van der Waals surface area contributed by atoms with Crippen LogP contribution in [0.2, 0.25) is 0 Å². The number of pyridine rings is 3. The van der Waals surface area contributed by atoms with Crippen molar-refractivity contribution in [3.8, 4) is 28.8 Å². The summed E-state index contributed by atoms with van der Waals surface area (Å²) < 4.78 is 32.8. The quantitative estimate of drug-likeness (QED) is 0.239. The van der Waals surface area contributed by atoms with Crippen LogP contribution in [0.3, 0.4) is 0 Å². The summed E-state index contributed by atoms with van der Waals surface area (Å²) in [6.07, 6.45) is 1.48. The van der Waals surface area contributed by atoms with Crippen molar-refractivity contribution in [2.45, 2.75) is 13.8 Å². The molecule has 0 saturated carbocycles. The number of benzene rings is 1. The van der Waals surface area contributed by atoms with Crippen LogP contribution in [0.5, 0.6) is 23.1 Å². The normalized spacial score (nSPS) is 10.9. The highest BCUT2D eigenvalue weighted by Gasteiger charge is 2.21. The number of hydrogen-bond donors (Lipinski definition) is 1. The van der Waals surface area contributed by atoms with Gasteiger partial charge in [0, 0.05) is 46.7 Å². The molecule has 0 spiro atoms. The van der Waals surface area contributed by atoms with Crippen LogP contribution in [0.25, 0.3) is 16.7 Å². The monoisotopic (exact) mass is 574 g/mol. The number of ketones is 1. The van der Waals surface area contributed by atoms with E-state index in [-0.39, 0.29) is 40.0 Å². The molecular formula is C29H23FN4O6S. The van der Waals surface area contributed by atoms with Gasteiger partial charge in [0.2, 0.25) is 0 Å². The number of halogens is 1. The topological polar surface area (TPSA) is 122 Å². The lowest BCUT2D eigenvalue weighted by molar-refractivity contribution is 0.101. The molecule has 12 heteroatoms. The van der Waals surface area contributed by atoms with E-state index < -0.39 is 17.3 Å². The molecule has 0 unspecified atom stereocenters. The van der Waals surface area contributed by atoms with Crippen molar-refractivity contribution in [1.82, 2.24) is 14.5 Å². The van der Waals surface area contributed by atoms with E-state index in [9.17, 15) is 14.4 Å². The van der Waals surface area contributed by atoms with Gasteiger partial charge < -0.3 is 19.5 Å². The lowest BCUT2D eigenvalue weighted by atomic mass is 10.1. The molecule has 41 heavy (non-hydrogen) atoms. The number of nitrogens with one attached hydrogen (secondary N) is 1. The first-order chi connectivity index (χ1) is 19.7. The van der Waals surface area contributed by atoms with Crippen molar-refractivity contribution < 1.29 is 28.2 Å². The minimum Gasteiger partial charge on any atom is -0.491 e. The van der Waals surface area contributed by atoms with Gasteiger partial charge in [0.15, 0.2) is 28.8 Å². The van der Waals surface area contributed by atoms with Gasteiger partial charge in [0.1, 0.15) is 11.1 Å². The first-order valence-corrected chi connectivity index (χ1v) is 13.1. The zero-order valence-electron chi connectivity index (χ0n) is 22.4.